The van der Waals surface area contributed by atoms with Gasteiger partial charge in [0.05, 0.1) is 19.7 Å². The van der Waals surface area contributed by atoms with Gasteiger partial charge < -0.3 is 15.4 Å². The molecule has 0 aromatic carbocycles. The largest absolute Gasteiger partial charge is 0.462 e. The van der Waals surface area contributed by atoms with Crippen LogP contribution in [0.5, 0.6) is 0 Å². The van der Waals surface area contributed by atoms with Crippen LogP contribution in [-0.4, -0.2) is 54.4 Å². The van der Waals surface area contributed by atoms with Gasteiger partial charge in [0.1, 0.15) is 16.4 Å². The second kappa shape index (κ2) is 11.0. The van der Waals surface area contributed by atoms with E-state index < -0.39 is 5.97 Å². The minimum Gasteiger partial charge on any atom is -0.462 e. The number of amides is 2. The zero-order valence-corrected chi connectivity index (χ0v) is 19.6. The Morgan fingerprint density at radius 3 is 2.47 bits per heavy atom. The summed E-state index contributed by atoms with van der Waals surface area (Å²) in [6.07, 6.45) is 0. The summed E-state index contributed by atoms with van der Waals surface area (Å²) in [6, 6.07) is 9.16. The molecule has 0 saturated heterocycles. The van der Waals surface area contributed by atoms with Crippen LogP contribution in [0, 0.1) is 6.92 Å². The molecule has 2 N–H and O–H groups in total. The highest BCUT2D eigenvalue weighted by Gasteiger charge is 2.23. The number of nitrogens with zero attached hydrogens (tertiary/aromatic N) is 2. The van der Waals surface area contributed by atoms with E-state index in [2.05, 4.69) is 15.6 Å². The van der Waals surface area contributed by atoms with Gasteiger partial charge in [0.15, 0.2) is 0 Å². The Morgan fingerprint density at radius 2 is 1.81 bits per heavy atom. The molecule has 3 aromatic rings. The summed E-state index contributed by atoms with van der Waals surface area (Å²) in [5.41, 5.74) is 1.88. The molecular weight excluding hydrogens is 448 g/mol. The van der Waals surface area contributed by atoms with Gasteiger partial charge in [-0.1, -0.05) is 12.1 Å². The van der Waals surface area contributed by atoms with E-state index in [1.807, 2.05) is 41.9 Å². The molecule has 0 aliphatic heterocycles. The molecule has 0 fully saturated rings. The topological polar surface area (TPSA) is 101 Å². The molecule has 8 nitrogen and oxygen atoms in total. The van der Waals surface area contributed by atoms with Gasteiger partial charge in [0.2, 0.25) is 11.8 Å². The standard InChI is InChI=1S/C22H24N4O4S2/c1-4-30-22(29)20-15(16-8-6-10-31-16)13-32-21(20)25-19(28)12-26(3)11-18(27)24-17-9-5-7-14(2)23-17/h5-10,13H,4,11-12H2,1-3H3,(H,25,28)(H,23,24,27). The lowest BCUT2D eigenvalue weighted by molar-refractivity contribution is -0.119. The van der Waals surface area contributed by atoms with Crippen molar-refractivity contribution in [3.63, 3.8) is 0 Å². The normalized spacial score (nSPS) is 10.8. The van der Waals surface area contributed by atoms with E-state index in [1.54, 1.807) is 24.9 Å². The monoisotopic (exact) mass is 472 g/mol. The molecule has 32 heavy (non-hydrogen) atoms. The number of esters is 1. The van der Waals surface area contributed by atoms with Gasteiger partial charge in [0, 0.05) is 21.5 Å². The van der Waals surface area contributed by atoms with Crippen LogP contribution in [0.1, 0.15) is 23.0 Å². The molecule has 0 aliphatic rings. The van der Waals surface area contributed by atoms with Crippen LogP contribution in [0.3, 0.4) is 0 Å². The highest BCUT2D eigenvalue weighted by molar-refractivity contribution is 7.17. The number of anilines is 2. The smallest absolute Gasteiger partial charge is 0.341 e. The van der Waals surface area contributed by atoms with Crippen LogP contribution in [0.2, 0.25) is 0 Å². The number of rotatable bonds is 9. The lowest BCUT2D eigenvalue weighted by Crippen LogP contribution is -2.36. The second-order valence-electron chi connectivity index (χ2n) is 6.98. The van der Waals surface area contributed by atoms with Gasteiger partial charge in [-0.15, -0.1) is 22.7 Å². The number of pyridine rings is 1. The van der Waals surface area contributed by atoms with Crippen molar-refractivity contribution in [2.45, 2.75) is 13.8 Å². The maximum atomic E-state index is 12.6. The van der Waals surface area contributed by atoms with Crippen molar-refractivity contribution in [1.82, 2.24) is 9.88 Å². The van der Waals surface area contributed by atoms with Crippen LogP contribution in [0.15, 0.2) is 41.1 Å². The third-order valence-electron chi connectivity index (χ3n) is 4.29. The summed E-state index contributed by atoms with van der Waals surface area (Å²) in [5.74, 6) is -0.627. The SMILES string of the molecule is CCOC(=O)c1c(-c2cccs2)csc1NC(=O)CN(C)CC(=O)Nc1cccc(C)n1. The van der Waals surface area contributed by atoms with E-state index in [-0.39, 0.29) is 31.5 Å². The van der Waals surface area contributed by atoms with Gasteiger partial charge >= 0.3 is 5.97 Å². The van der Waals surface area contributed by atoms with E-state index in [4.69, 9.17) is 4.74 Å². The Balaban J connectivity index is 1.62. The van der Waals surface area contributed by atoms with Crippen LogP contribution < -0.4 is 10.6 Å². The number of carbonyl (C=O) groups excluding carboxylic acids is 3. The molecule has 0 spiro atoms. The lowest BCUT2D eigenvalue weighted by Gasteiger charge is -2.16. The van der Waals surface area contributed by atoms with Crippen molar-refractivity contribution in [3.05, 3.63) is 52.3 Å². The van der Waals surface area contributed by atoms with Crippen molar-refractivity contribution in [3.8, 4) is 10.4 Å². The molecule has 0 bridgehead atoms. The third kappa shape index (κ3) is 6.22. The summed E-state index contributed by atoms with van der Waals surface area (Å²) in [6.45, 7) is 3.80. The number of hydrogen-bond acceptors (Lipinski definition) is 8. The Bertz CT molecular complexity index is 1100. The third-order valence-corrected chi connectivity index (χ3v) is 6.09. The number of ether oxygens (including phenoxy) is 1. The van der Waals surface area contributed by atoms with Crippen LogP contribution in [0.25, 0.3) is 10.4 Å². The number of carbonyl (C=O) groups is 3. The molecule has 10 heteroatoms. The summed E-state index contributed by atoms with van der Waals surface area (Å²) in [5, 5.41) is 9.69. The van der Waals surface area contributed by atoms with Crippen LogP contribution in [0.4, 0.5) is 10.8 Å². The van der Waals surface area contributed by atoms with Gasteiger partial charge in [-0.25, -0.2) is 9.78 Å². The quantitative estimate of drug-likeness (QED) is 0.459. The molecule has 0 unspecified atom stereocenters. The highest BCUT2D eigenvalue weighted by Crippen LogP contribution is 2.38. The number of thiophene rings is 2. The number of likely N-dealkylation sites (N-methyl/N-ethyl adjacent to an activating group) is 1. The number of aromatic nitrogens is 1. The lowest BCUT2D eigenvalue weighted by atomic mass is 10.1. The predicted octanol–water partition coefficient (Wildman–Crippen LogP) is 3.87. The first kappa shape index (κ1) is 23.6. The van der Waals surface area contributed by atoms with Crippen molar-refractivity contribution in [1.29, 1.82) is 0 Å². The molecule has 2 amide bonds. The first-order valence-corrected chi connectivity index (χ1v) is 11.7. The van der Waals surface area contributed by atoms with Gasteiger partial charge in [0.25, 0.3) is 0 Å². The predicted molar refractivity (Wildman–Crippen MR) is 127 cm³/mol. The first-order chi connectivity index (χ1) is 15.4. The zero-order chi connectivity index (χ0) is 23.1. The Morgan fingerprint density at radius 1 is 1.06 bits per heavy atom. The van der Waals surface area contributed by atoms with Gasteiger partial charge in [-0.2, -0.15) is 0 Å². The molecule has 168 valence electrons. The van der Waals surface area contributed by atoms with Crippen molar-refractivity contribution in [2.24, 2.45) is 0 Å². The number of hydrogen-bond donors (Lipinski definition) is 2. The number of aryl methyl sites for hydroxylation is 1. The Labute approximate surface area is 194 Å². The van der Waals surface area contributed by atoms with E-state index in [0.717, 1.165) is 16.1 Å². The minimum atomic E-state index is -0.481. The van der Waals surface area contributed by atoms with Crippen molar-refractivity contribution < 1.29 is 19.1 Å². The van der Waals surface area contributed by atoms with Crippen LogP contribution in [-0.2, 0) is 14.3 Å². The molecule has 0 atom stereocenters. The molecule has 3 rings (SSSR count). The average Bonchev–Trinajstić information content (AvgIpc) is 3.37. The average molecular weight is 473 g/mol. The van der Waals surface area contributed by atoms with E-state index >= 15 is 0 Å². The fraction of sp³-hybridized carbons (Fsp3) is 0.273. The van der Waals surface area contributed by atoms with E-state index in [9.17, 15) is 14.4 Å². The van der Waals surface area contributed by atoms with Gasteiger partial charge in [-0.05, 0) is 44.5 Å². The van der Waals surface area contributed by atoms with Crippen molar-refractivity contribution >= 4 is 51.3 Å². The molecule has 3 heterocycles. The molecular formula is C22H24N4O4S2. The number of nitrogens with one attached hydrogen (secondary N) is 2. The van der Waals surface area contributed by atoms with Gasteiger partial charge in [-0.3, -0.25) is 14.5 Å². The zero-order valence-electron chi connectivity index (χ0n) is 18.0. The Hall–Kier alpha value is -3.08. The highest BCUT2D eigenvalue weighted by atomic mass is 32.1. The molecule has 0 radical (unpaired) electrons. The fourth-order valence-corrected chi connectivity index (χ4v) is 4.76. The summed E-state index contributed by atoms with van der Waals surface area (Å²) >= 11 is 2.77. The summed E-state index contributed by atoms with van der Waals surface area (Å²) in [7, 11) is 1.67. The fourth-order valence-electron chi connectivity index (χ4n) is 2.98. The summed E-state index contributed by atoms with van der Waals surface area (Å²) in [4.78, 5) is 44.1. The Kier molecular flexibility index (Phi) is 8.09. The van der Waals surface area contributed by atoms with Crippen molar-refractivity contribution in [2.75, 3.05) is 37.4 Å². The van der Waals surface area contributed by atoms with E-state index in [1.165, 1.54) is 22.7 Å². The van der Waals surface area contributed by atoms with E-state index in [0.29, 0.717) is 16.4 Å². The first-order valence-electron chi connectivity index (χ1n) is 9.91. The van der Waals surface area contributed by atoms with Crippen LogP contribution >= 0.6 is 22.7 Å². The molecule has 3 aromatic heterocycles. The maximum absolute atomic E-state index is 12.6. The summed E-state index contributed by atoms with van der Waals surface area (Å²) < 4.78 is 5.20. The maximum Gasteiger partial charge on any atom is 0.341 e. The second-order valence-corrected chi connectivity index (χ2v) is 8.81. The molecule has 0 aliphatic carbocycles. The minimum absolute atomic E-state index is 0.0126. The molecule has 0 saturated carbocycles.